The topological polar surface area (TPSA) is 65.8 Å². The second-order valence-corrected chi connectivity index (χ2v) is 7.19. The molecule has 2 aromatic rings. The number of halogens is 1. The molecule has 1 aromatic heterocycles. The fraction of sp³-hybridized carbons (Fsp3) is 0.500. The summed E-state index contributed by atoms with van der Waals surface area (Å²) >= 11 is 0. The van der Waals surface area contributed by atoms with Gasteiger partial charge < -0.3 is 19.5 Å². The molecule has 1 aliphatic heterocycles. The summed E-state index contributed by atoms with van der Waals surface area (Å²) in [5.41, 5.74) is 0.123. The van der Waals surface area contributed by atoms with Crippen molar-refractivity contribution >= 4 is 22.6 Å². The minimum Gasteiger partial charge on any atom is -0.477 e. The molecule has 0 saturated carbocycles. The molecular weight excluding hydrogens is 349 g/mol. The summed E-state index contributed by atoms with van der Waals surface area (Å²) in [6.45, 7) is 5.81. The van der Waals surface area contributed by atoms with E-state index < -0.39 is 17.2 Å². The number of carboxylic acids is 1. The molecule has 0 spiro atoms. The molecule has 1 N–H and O–H groups in total. The number of anilines is 1. The third-order valence-corrected chi connectivity index (χ3v) is 5.23. The van der Waals surface area contributed by atoms with Gasteiger partial charge in [0.2, 0.25) is 5.43 Å². The van der Waals surface area contributed by atoms with Crippen LogP contribution in [-0.4, -0.2) is 53.8 Å². The van der Waals surface area contributed by atoms with Crippen LogP contribution in [0.25, 0.3) is 10.9 Å². The molecule has 7 heteroatoms. The molecule has 6 nitrogen and oxygen atoms in total. The van der Waals surface area contributed by atoms with Gasteiger partial charge in [0.05, 0.1) is 11.2 Å². The highest BCUT2D eigenvalue weighted by atomic mass is 19.1. The third kappa shape index (κ3) is 3.98. The van der Waals surface area contributed by atoms with Crippen molar-refractivity contribution in [2.75, 3.05) is 38.1 Å². The second kappa shape index (κ2) is 8.08. The normalized spacial score (nSPS) is 15.4. The predicted octanol–water partition coefficient (Wildman–Crippen LogP) is 2.78. The van der Waals surface area contributed by atoms with Crippen molar-refractivity contribution in [3.63, 3.8) is 0 Å². The quantitative estimate of drug-likeness (QED) is 0.787. The molecule has 0 bridgehead atoms. The van der Waals surface area contributed by atoms with E-state index in [-0.39, 0.29) is 10.9 Å². The third-order valence-electron chi connectivity index (χ3n) is 5.23. The zero-order valence-corrected chi connectivity index (χ0v) is 15.9. The molecule has 0 unspecified atom stereocenters. The van der Waals surface area contributed by atoms with Gasteiger partial charge in [-0.3, -0.25) is 4.79 Å². The molecule has 1 saturated heterocycles. The monoisotopic (exact) mass is 375 g/mol. The Hall–Kier alpha value is -2.41. The number of piperazine rings is 1. The zero-order chi connectivity index (χ0) is 19.6. The molecule has 0 radical (unpaired) electrons. The first-order chi connectivity index (χ1) is 12.9. The molecule has 2 heterocycles. The fourth-order valence-corrected chi connectivity index (χ4v) is 3.56. The lowest BCUT2D eigenvalue weighted by molar-refractivity contribution is 0.0695. The van der Waals surface area contributed by atoms with E-state index in [0.29, 0.717) is 30.8 Å². The first-order valence-corrected chi connectivity index (χ1v) is 9.46. The Morgan fingerprint density at radius 2 is 1.89 bits per heavy atom. The zero-order valence-electron chi connectivity index (χ0n) is 15.9. The number of aromatic carboxylic acids is 1. The number of hydrogen-bond donors (Lipinski definition) is 1. The molecule has 3 rings (SSSR count). The van der Waals surface area contributed by atoms with Crippen molar-refractivity contribution in [2.24, 2.45) is 0 Å². The number of carboxylic acid groups (broad SMARTS) is 1. The van der Waals surface area contributed by atoms with E-state index in [1.54, 1.807) is 10.6 Å². The van der Waals surface area contributed by atoms with Gasteiger partial charge in [-0.05, 0) is 25.6 Å². The van der Waals surface area contributed by atoms with E-state index in [4.69, 9.17) is 0 Å². The summed E-state index contributed by atoms with van der Waals surface area (Å²) in [4.78, 5) is 28.2. The van der Waals surface area contributed by atoms with Crippen LogP contribution < -0.4 is 10.3 Å². The molecular formula is C20H26FN3O3. The summed E-state index contributed by atoms with van der Waals surface area (Å²) in [6.07, 6.45) is 4.30. The molecule has 1 aromatic carbocycles. The number of hydrogen-bond acceptors (Lipinski definition) is 4. The van der Waals surface area contributed by atoms with Crippen LogP contribution in [0.3, 0.4) is 0 Å². The highest BCUT2D eigenvalue weighted by molar-refractivity contribution is 5.93. The van der Waals surface area contributed by atoms with Crippen LogP contribution >= 0.6 is 0 Å². The first-order valence-electron chi connectivity index (χ1n) is 9.46. The number of aryl methyl sites for hydroxylation is 1. The molecule has 0 aliphatic carbocycles. The van der Waals surface area contributed by atoms with E-state index in [1.807, 2.05) is 11.9 Å². The predicted molar refractivity (Wildman–Crippen MR) is 104 cm³/mol. The fourth-order valence-electron chi connectivity index (χ4n) is 3.56. The van der Waals surface area contributed by atoms with Gasteiger partial charge >= 0.3 is 5.97 Å². The van der Waals surface area contributed by atoms with Crippen molar-refractivity contribution in [3.05, 3.63) is 39.9 Å². The Balaban J connectivity index is 2.12. The van der Waals surface area contributed by atoms with Gasteiger partial charge in [-0.15, -0.1) is 0 Å². The number of aromatic nitrogens is 1. The highest BCUT2D eigenvalue weighted by Gasteiger charge is 2.21. The minimum atomic E-state index is -1.28. The van der Waals surface area contributed by atoms with Crippen molar-refractivity contribution in [1.29, 1.82) is 0 Å². The van der Waals surface area contributed by atoms with Crippen molar-refractivity contribution in [3.8, 4) is 0 Å². The van der Waals surface area contributed by atoms with Gasteiger partial charge in [0.25, 0.3) is 0 Å². The standard InChI is InChI=1S/C20H26FN3O3/c1-3-4-5-6-24-13-15(20(26)27)19(25)14-11-16(21)18(12-17(14)24)23-9-7-22(2)8-10-23/h11-13H,3-10H2,1-2H3,(H,26,27). The number of likely N-dealkylation sites (N-methyl/N-ethyl adjacent to an activating group) is 1. The highest BCUT2D eigenvalue weighted by Crippen LogP contribution is 2.26. The van der Waals surface area contributed by atoms with Crippen LogP contribution in [0.1, 0.15) is 36.5 Å². The van der Waals surface area contributed by atoms with E-state index in [1.165, 1.54) is 12.3 Å². The van der Waals surface area contributed by atoms with Gasteiger partial charge in [0.15, 0.2) is 0 Å². The SMILES string of the molecule is CCCCCn1cc(C(=O)O)c(=O)c2cc(F)c(N3CCN(C)CC3)cc21. The largest absolute Gasteiger partial charge is 0.477 e. The Kier molecular flexibility index (Phi) is 5.79. The van der Waals surface area contributed by atoms with Gasteiger partial charge in [-0.25, -0.2) is 9.18 Å². The molecule has 27 heavy (non-hydrogen) atoms. The van der Waals surface area contributed by atoms with E-state index >= 15 is 0 Å². The molecule has 1 aliphatic rings. The first kappa shape index (κ1) is 19.4. The number of carbonyl (C=O) groups is 1. The van der Waals surface area contributed by atoms with Crippen LogP contribution in [0, 0.1) is 5.82 Å². The van der Waals surface area contributed by atoms with E-state index in [2.05, 4.69) is 11.8 Å². The van der Waals surface area contributed by atoms with Crippen molar-refractivity contribution in [2.45, 2.75) is 32.7 Å². The molecule has 146 valence electrons. The van der Waals surface area contributed by atoms with Crippen LogP contribution in [0.5, 0.6) is 0 Å². The maximum Gasteiger partial charge on any atom is 0.341 e. The van der Waals surface area contributed by atoms with Crippen LogP contribution in [0.15, 0.2) is 23.1 Å². The summed E-state index contributed by atoms with van der Waals surface area (Å²) in [6, 6.07) is 2.91. The maximum atomic E-state index is 14.8. The lowest BCUT2D eigenvalue weighted by Crippen LogP contribution is -2.44. The van der Waals surface area contributed by atoms with E-state index in [9.17, 15) is 19.1 Å². The summed E-state index contributed by atoms with van der Waals surface area (Å²) in [5, 5.41) is 9.48. The number of fused-ring (bicyclic) bond motifs is 1. The Labute approximate surface area is 157 Å². The van der Waals surface area contributed by atoms with Gasteiger partial charge in [0.1, 0.15) is 11.4 Å². The Bertz CT molecular complexity index is 901. The molecule has 1 fully saturated rings. The molecule has 0 atom stereocenters. The average molecular weight is 375 g/mol. The average Bonchev–Trinajstić information content (AvgIpc) is 2.64. The van der Waals surface area contributed by atoms with Gasteiger partial charge in [0, 0.05) is 44.3 Å². The van der Waals surface area contributed by atoms with Crippen molar-refractivity contribution in [1.82, 2.24) is 9.47 Å². The van der Waals surface area contributed by atoms with Crippen LogP contribution in [0.2, 0.25) is 0 Å². The van der Waals surface area contributed by atoms with Crippen LogP contribution in [-0.2, 0) is 6.54 Å². The van der Waals surface area contributed by atoms with Crippen molar-refractivity contribution < 1.29 is 14.3 Å². The number of rotatable bonds is 6. The number of nitrogens with zero attached hydrogens (tertiary/aromatic N) is 3. The summed E-state index contributed by atoms with van der Waals surface area (Å²) in [7, 11) is 2.03. The number of unbranched alkanes of at least 4 members (excludes halogenated alkanes) is 2. The van der Waals surface area contributed by atoms with E-state index in [0.717, 1.165) is 32.4 Å². The lowest BCUT2D eigenvalue weighted by Gasteiger charge is -2.34. The number of pyridine rings is 1. The van der Waals surface area contributed by atoms with Crippen LogP contribution in [0.4, 0.5) is 10.1 Å². The number of benzene rings is 1. The molecule has 0 amide bonds. The second-order valence-electron chi connectivity index (χ2n) is 7.19. The summed E-state index contributed by atoms with van der Waals surface area (Å²) < 4.78 is 16.6. The summed E-state index contributed by atoms with van der Waals surface area (Å²) in [5.74, 6) is -1.76. The van der Waals surface area contributed by atoms with Gasteiger partial charge in [-0.2, -0.15) is 0 Å². The maximum absolute atomic E-state index is 14.8. The smallest absolute Gasteiger partial charge is 0.341 e. The lowest BCUT2D eigenvalue weighted by atomic mass is 10.1. The minimum absolute atomic E-state index is 0.127. The van der Waals surface area contributed by atoms with Gasteiger partial charge in [-0.1, -0.05) is 19.8 Å². The Morgan fingerprint density at radius 1 is 1.19 bits per heavy atom. The Morgan fingerprint density at radius 3 is 2.52 bits per heavy atom.